The molecule has 1 fully saturated rings. The number of hydrogen-bond acceptors (Lipinski definition) is 5. The predicted molar refractivity (Wildman–Crippen MR) is 120 cm³/mol. The summed E-state index contributed by atoms with van der Waals surface area (Å²) in [6.45, 7) is 3.74. The Morgan fingerprint density at radius 2 is 2.00 bits per heavy atom. The van der Waals surface area contributed by atoms with E-state index in [1.807, 2.05) is 43.3 Å². The summed E-state index contributed by atoms with van der Waals surface area (Å²) in [5, 5.41) is 22.2. The average Bonchev–Trinajstić information content (AvgIpc) is 3.14. The third-order valence-corrected chi connectivity index (χ3v) is 7.89. The van der Waals surface area contributed by atoms with Crippen LogP contribution in [0.3, 0.4) is 0 Å². The lowest BCUT2D eigenvalue weighted by Crippen LogP contribution is -2.43. The maximum absolute atomic E-state index is 12.4. The molecule has 2 atom stereocenters. The molecule has 0 radical (unpaired) electrons. The first kappa shape index (κ1) is 21.1. The van der Waals surface area contributed by atoms with Crippen LogP contribution in [-0.4, -0.2) is 48.3 Å². The van der Waals surface area contributed by atoms with Crippen molar-refractivity contribution in [2.24, 2.45) is 5.92 Å². The van der Waals surface area contributed by atoms with Gasteiger partial charge in [-0.2, -0.15) is 0 Å². The fourth-order valence-corrected chi connectivity index (χ4v) is 6.27. The van der Waals surface area contributed by atoms with Crippen LogP contribution in [0.2, 0.25) is 0 Å². The summed E-state index contributed by atoms with van der Waals surface area (Å²) in [5.74, 6) is -0.694. The minimum Gasteiger partial charge on any atom is -0.495 e. The largest absolute Gasteiger partial charge is 0.495 e. The first-order valence-corrected chi connectivity index (χ1v) is 11.3. The Morgan fingerprint density at radius 1 is 1.30 bits per heavy atom. The first-order valence-electron chi connectivity index (χ1n) is 10.5. The van der Waals surface area contributed by atoms with Gasteiger partial charge in [-0.25, -0.2) is 0 Å². The SMILES string of the molecule is CCC(C(=O)O)c1cc2c(s1)C(OC)=Cc1ccccc1C2(O)C1CCN(C)CC1. The number of fused-ring (bicyclic) bond motifs is 2. The van der Waals surface area contributed by atoms with E-state index in [4.69, 9.17) is 4.74 Å². The lowest BCUT2D eigenvalue weighted by molar-refractivity contribution is -0.138. The standard InChI is InChI=1S/C24H29NO4S/c1-4-17(23(26)27)21-14-19-22(30-21)20(29-3)13-15-7-5-6-8-18(15)24(19,28)16-9-11-25(2)12-10-16/h5-8,13-14,16-17,28H,4,9-12H2,1-3H3,(H,26,27). The van der Waals surface area contributed by atoms with E-state index in [0.29, 0.717) is 12.2 Å². The maximum atomic E-state index is 12.4. The molecular formula is C24H29NO4S. The first-order chi connectivity index (χ1) is 14.4. The Hall–Kier alpha value is -2.15. The summed E-state index contributed by atoms with van der Waals surface area (Å²) in [7, 11) is 3.74. The number of hydrogen-bond donors (Lipinski definition) is 2. The van der Waals surface area contributed by atoms with Crippen molar-refractivity contribution in [3.05, 3.63) is 56.8 Å². The Bertz CT molecular complexity index is 973. The average molecular weight is 428 g/mol. The molecule has 1 aromatic carbocycles. The summed E-state index contributed by atoms with van der Waals surface area (Å²) in [6, 6.07) is 9.87. The molecule has 160 valence electrons. The van der Waals surface area contributed by atoms with Crippen LogP contribution < -0.4 is 0 Å². The minimum absolute atomic E-state index is 0.0468. The lowest BCUT2D eigenvalue weighted by Gasteiger charge is -2.41. The molecule has 2 aromatic rings. The number of carbonyl (C=O) groups is 1. The summed E-state index contributed by atoms with van der Waals surface area (Å²) >= 11 is 1.44. The molecule has 1 saturated heterocycles. The van der Waals surface area contributed by atoms with E-state index in [9.17, 15) is 15.0 Å². The molecular weight excluding hydrogens is 398 g/mol. The van der Waals surface area contributed by atoms with Crippen LogP contribution in [0.4, 0.5) is 0 Å². The Kier molecular flexibility index (Phi) is 5.75. The van der Waals surface area contributed by atoms with Crippen molar-refractivity contribution >= 4 is 29.1 Å². The summed E-state index contributed by atoms with van der Waals surface area (Å²) in [6.07, 6.45) is 4.24. The normalized spacial score (nSPS) is 23.1. The Balaban J connectivity index is 1.95. The fourth-order valence-electron chi connectivity index (χ4n) is 4.89. The fraction of sp³-hybridized carbons (Fsp3) is 0.458. The highest BCUT2D eigenvalue weighted by atomic mass is 32.1. The molecule has 2 unspecified atom stereocenters. The summed E-state index contributed by atoms with van der Waals surface area (Å²) in [5.41, 5.74) is 1.43. The quantitative estimate of drug-likeness (QED) is 0.742. The van der Waals surface area contributed by atoms with E-state index >= 15 is 0 Å². The van der Waals surface area contributed by atoms with Crippen molar-refractivity contribution in [3.63, 3.8) is 0 Å². The van der Waals surface area contributed by atoms with Gasteiger partial charge in [0.1, 0.15) is 11.4 Å². The van der Waals surface area contributed by atoms with Gasteiger partial charge in [-0.15, -0.1) is 11.3 Å². The zero-order chi connectivity index (χ0) is 21.5. The van der Waals surface area contributed by atoms with Gasteiger partial charge in [-0.3, -0.25) is 4.79 Å². The predicted octanol–water partition coefficient (Wildman–Crippen LogP) is 4.36. The van der Waals surface area contributed by atoms with Crippen molar-refractivity contribution < 1.29 is 19.7 Å². The van der Waals surface area contributed by atoms with E-state index in [1.165, 1.54) is 11.3 Å². The molecule has 0 bridgehead atoms. The van der Waals surface area contributed by atoms with Gasteiger partial charge in [-0.1, -0.05) is 31.2 Å². The third kappa shape index (κ3) is 3.37. The molecule has 1 aliphatic carbocycles. The number of rotatable bonds is 5. The van der Waals surface area contributed by atoms with Crippen LogP contribution in [0.1, 0.15) is 58.5 Å². The highest BCUT2D eigenvalue weighted by molar-refractivity contribution is 7.13. The number of aliphatic carboxylic acids is 1. The number of aliphatic hydroxyl groups is 1. The smallest absolute Gasteiger partial charge is 0.311 e. The molecule has 0 saturated carbocycles. The summed E-state index contributed by atoms with van der Waals surface area (Å²) in [4.78, 5) is 15.7. The third-order valence-electron chi connectivity index (χ3n) is 6.62. The van der Waals surface area contributed by atoms with E-state index in [1.54, 1.807) is 7.11 Å². The number of carboxylic acids is 1. The molecule has 2 heterocycles. The molecule has 1 aliphatic heterocycles. The van der Waals surface area contributed by atoms with E-state index in [0.717, 1.165) is 52.4 Å². The van der Waals surface area contributed by atoms with Crippen LogP contribution in [-0.2, 0) is 15.1 Å². The number of ether oxygens (including phenoxy) is 1. The van der Waals surface area contributed by atoms with E-state index in [-0.39, 0.29) is 5.92 Å². The number of methoxy groups -OCH3 is 1. The number of benzene rings is 1. The van der Waals surface area contributed by atoms with Crippen molar-refractivity contribution in [3.8, 4) is 0 Å². The highest BCUT2D eigenvalue weighted by Crippen LogP contribution is 2.51. The van der Waals surface area contributed by atoms with E-state index in [2.05, 4.69) is 11.9 Å². The van der Waals surface area contributed by atoms with E-state index < -0.39 is 17.5 Å². The Morgan fingerprint density at radius 3 is 2.63 bits per heavy atom. The maximum Gasteiger partial charge on any atom is 0.311 e. The highest BCUT2D eigenvalue weighted by Gasteiger charge is 2.46. The second-order valence-electron chi connectivity index (χ2n) is 8.33. The zero-order valence-electron chi connectivity index (χ0n) is 17.7. The Labute approximate surface area is 181 Å². The molecule has 0 amide bonds. The number of carboxylic acid groups (broad SMARTS) is 1. The van der Waals surface area contributed by atoms with Gasteiger partial charge in [0.05, 0.1) is 17.9 Å². The second-order valence-corrected chi connectivity index (χ2v) is 9.42. The van der Waals surface area contributed by atoms with Gasteiger partial charge in [0.15, 0.2) is 0 Å². The number of likely N-dealkylation sites (tertiary alicyclic amines) is 1. The lowest BCUT2D eigenvalue weighted by atomic mass is 9.71. The van der Waals surface area contributed by atoms with Crippen molar-refractivity contribution in [1.29, 1.82) is 0 Å². The van der Waals surface area contributed by atoms with Gasteiger partial charge < -0.3 is 19.8 Å². The molecule has 4 rings (SSSR count). The number of nitrogens with zero attached hydrogens (tertiary/aromatic N) is 1. The molecule has 2 aliphatic rings. The van der Waals surface area contributed by atoms with Crippen LogP contribution in [0.5, 0.6) is 0 Å². The van der Waals surface area contributed by atoms with Gasteiger partial charge in [0.25, 0.3) is 0 Å². The van der Waals surface area contributed by atoms with Gasteiger partial charge in [-0.05, 0) is 68.6 Å². The van der Waals surface area contributed by atoms with Crippen LogP contribution >= 0.6 is 11.3 Å². The molecule has 6 heteroatoms. The summed E-state index contributed by atoms with van der Waals surface area (Å²) < 4.78 is 5.74. The van der Waals surface area contributed by atoms with Gasteiger partial charge in [0, 0.05) is 10.4 Å². The van der Waals surface area contributed by atoms with Gasteiger partial charge in [0.2, 0.25) is 0 Å². The molecule has 30 heavy (non-hydrogen) atoms. The van der Waals surface area contributed by atoms with Crippen molar-refractivity contribution in [2.45, 2.75) is 37.7 Å². The minimum atomic E-state index is -1.19. The van der Waals surface area contributed by atoms with Crippen LogP contribution in [0.15, 0.2) is 30.3 Å². The number of thiophene rings is 1. The molecule has 1 aromatic heterocycles. The van der Waals surface area contributed by atoms with Crippen LogP contribution in [0, 0.1) is 5.92 Å². The van der Waals surface area contributed by atoms with Crippen molar-refractivity contribution in [1.82, 2.24) is 4.90 Å². The number of piperidine rings is 1. The molecule has 0 spiro atoms. The molecule has 5 nitrogen and oxygen atoms in total. The second kappa shape index (κ2) is 8.17. The zero-order valence-corrected chi connectivity index (χ0v) is 18.5. The molecule has 2 N–H and O–H groups in total. The van der Waals surface area contributed by atoms with Gasteiger partial charge >= 0.3 is 5.97 Å². The van der Waals surface area contributed by atoms with Crippen LogP contribution in [0.25, 0.3) is 11.8 Å². The topological polar surface area (TPSA) is 70.0 Å². The van der Waals surface area contributed by atoms with Crippen molar-refractivity contribution in [2.75, 3.05) is 27.2 Å². The monoisotopic (exact) mass is 427 g/mol.